The number of primary amides is 1. The molecule has 1 rings (SSSR count). The fourth-order valence-electron chi connectivity index (χ4n) is 0.996. The predicted octanol–water partition coefficient (Wildman–Crippen LogP) is 2.12. The van der Waals surface area contributed by atoms with Gasteiger partial charge in [0.2, 0.25) is 5.91 Å². The van der Waals surface area contributed by atoms with Crippen LogP contribution >= 0.6 is 15.9 Å². The van der Waals surface area contributed by atoms with E-state index in [0.29, 0.717) is 11.0 Å². The van der Waals surface area contributed by atoms with Gasteiger partial charge in [0.1, 0.15) is 5.82 Å². The van der Waals surface area contributed by atoms with Crippen molar-refractivity contribution in [1.29, 1.82) is 0 Å². The second-order valence-corrected chi connectivity index (χ2v) is 4.16. The van der Waals surface area contributed by atoms with Gasteiger partial charge < -0.3 is 11.1 Å². The molecule has 0 radical (unpaired) electrons. The van der Waals surface area contributed by atoms with E-state index in [1.807, 2.05) is 0 Å². The van der Waals surface area contributed by atoms with Gasteiger partial charge in [-0.05, 0) is 34.1 Å². The summed E-state index contributed by atoms with van der Waals surface area (Å²) in [6.07, 6.45) is 0. The van der Waals surface area contributed by atoms with E-state index in [-0.39, 0.29) is 17.6 Å². The Morgan fingerprint density at radius 2 is 2.33 bits per heavy atom. The third-order valence-corrected chi connectivity index (χ3v) is 2.67. The van der Waals surface area contributed by atoms with Crippen LogP contribution in [0.2, 0.25) is 0 Å². The Morgan fingerprint density at radius 1 is 1.67 bits per heavy atom. The smallest absolute Gasteiger partial charge is 0.222 e. The quantitative estimate of drug-likeness (QED) is 0.884. The number of amides is 1. The maximum atomic E-state index is 12.7. The molecule has 1 aromatic rings. The molecule has 0 aromatic heterocycles. The summed E-state index contributed by atoms with van der Waals surface area (Å²) in [5.74, 6) is -0.932. The zero-order valence-electron chi connectivity index (χ0n) is 8.26. The summed E-state index contributed by atoms with van der Waals surface area (Å²) in [6, 6.07) is 4.31. The van der Waals surface area contributed by atoms with Crippen molar-refractivity contribution in [3.63, 3.8) is 0 Å². The predicted molar refractivity (Wildman–Crippen MR) is 60.9 cm³/mol. The Labute approximate surface area is 96.0 Å². The summed E-state index contributed by atoms with van der Waals surface area (Å²) >= 11 is 3.22. The molecule has 0 aliphatic carbocycles. The second-order valence-electron chi connectivity index (χ2n) is 3.31. The van der Waals surface area contributed by atoms with Gasteiger partial charge in [-0.15, -0.1) is 0 Å². The minimum absolute atomic E-state index is 0.262. The minimum atomic E-state index is -0.360. The lowest BCUT2D eigenvalue weighted by Crippen LogP contribution is -2.26. The number of hydrogen-bond donors (Lipinski definition) is 2. The zero-order chi connectivity index (χ0) is 11.4. The summed E-state index contributed by atoms with van der Waals surface area (Å²) in [7, 11) is 0. The van der Waals surface area contributed by atoms with Crippen molar-refractivity contribution < 1.29 is 9.18 Å². The van der Waals surface area contributed by atoms with Crippen molar-refractivity contribution >= 4 is 27.5 Å². The Kier molecular flexibility index (Phi) is 4.08. The lowest BCUT2D eigenvalue weighted by Gasteiger charge is -2.11. The Morgan fingerprint density at radius 3 is 2.87 bits per heavy atom. The number of anilines is 1. The number of hydrogen-bond acceptors (Lipinski definition) is 2. The molecular weight excluding hydrogens is 263 g/mol. The molecule has 0 heterocycles. The van der Waals surface area contributed by atoms with E-state index in [4.69, 9.17) is 5.73 Å². The minimum Gasteiger partial charge on any atom is -0.383 e. The first-order valence-electron chi connectivity index (χ1n) is 4.49. The zero-order valence-corrected chi connectivity index (χ0v) is 9.84. The molecule has 82 valence electrons. The van der Waals surface area contributed by atoms with Crippen LogP contribution in [-0.4, -0.2) is 12.5 Å². The third-order valence-electron chi connectivity index (χ3n) is 2.02. The number of carbonyl (C=O) groups excluding carboxylic acids is 1. The molecule has 0 saturated heterocycles. The normalized spacial score (nSPS) is 12.2. The lowest BCUT2D eigenvalue weighted by molar-refractivity contribution is -0.120. The molecule has 1 aromatic carbocycles. The van der Waals surface area contributed by atoms with Crippen molar-refractivity contribution in [3.05, 3.63) is 28.5 Å². The van der Waals surface area contributed by atoms with E-state index in [1.54, 1.807) is 13.0 Å². The van der Waals surface area contributed by atoms with Crippen LogP contribution in [0, 0.1) is 11.7 Å². The van der Waals surface area contributed by atoms with Crippen LogP contribution in [0.1, 0.15) is 6.92 Å². The van der Waals surface area contributed by atoms with Gasteiger partial charge in [-0.2, -0.15) is 0 Å². The van der Waals surface area contributed by atoms with Gasteiger partial charge in [0.15, 0.2) is 0 Å². The first kappa shape index (κ1) is 12.0. The Bertz CT molecular complexity index is 370. The molecule has 1 unspecified atom stereocenters. The molecular formula is C10H12BrFN2O. The van der Waals surface area contributed by atoms with Gasteiger partial charge in [0.05, 0.1) is 5.92 Å². The van der Waals surface area contributed by atoms with Gasteiger partial charge in [-0.3, -0.25) is 4.79 Å². The number of halogens is 2. The van der Waals surface area contributed by atoms with Gasteiger partial charge >= 0.3 is 0 Å². The van der Waals surface area contributed by atoms with Crippen LogP contribution in [0.4, 0.5) is 10.1 Å². The molecule has 0 saturated carbocycles. The highest BCUT2D eigenvalue weighted by Crippen LogP contribution is 2.23. The average molecular weight is 275 g/mol. The van der Waals surface area contributed by atoms with Crippen molar-refractivity contribution in [2.45, 2.75) is 6.92 Å². The first-order valence-corrected chi connectivity index (χ1v) is 5.28. The van der Waals surface area contributed by atoms with E-state index in [0.717, 1.165) is 5.69 Å². The number of carbonyl (C=O) groups is 1. The largest absolute Gasteiger partial charge is 0.383 e. The van der Waals surface area contributed by atoms with E-state index >= 15 is 0 Å². The van der Waals surface area contributed by atoms with Crippen molar-refractivity contribution in [3.8, 4) is 0 Å². The van der Waals surface area contributed by atoms with Crippen LogP contribution in [0.15, 0.2) is 22.7 Å². The van der Waals surface area contributed by atoms with Gasteiger partial charge in [-0.1, -0.05) is 6.92 Å². The Hall–Kier alpha value is -1.10. The molecule has 0 bridgehead atoms. The summed E-state index contributed by atoms with van der Waals surface area (Å²) in [4.78, 5) is 10.8. The standard InChI is InChI=1S/C10H12BrFN2O/c1-6(10(13)15)5-14-9-3-2-7(12)4-8(9)11/h2-4,6,14H,5H2,1H3,(H2,13,15). The van der Waals surface area contributed by atoms with Crippen LogP contribution in [0.3, 0.4) is 0 Å². The number of nitrogens with one attached hydrogen (secondary N) is 1. The van der Waals surface area contributed by atoms with E-state index in [2.05, 4.69) is 21.2 Å². The first-order chi connectivity index (χ1) is 7.00. The molecule has 1 atom stereocenters. The molecule has 0 aliphatic heterocycles. The second kappa shape index (κ2) is 5.11. The van der Waals surface area contributed by atoms with E-state index in [1.165, 1.54) is 12.1 Å². The topological polar surface area (TPSA) is 55.1 Å². The van der Waals surface area contributed by atoms with Crippen molar-refractivity contribution in [2.24, 2.45) is 11.7 Å². The summed E-state index contributed by atoms with van der Waals surface area (Å²) in [5.41, 5.74) is 5.85. The molecule has 0 spiro atoms. The summed E-state index contributed by atoms with van der Waals surface area (Å²) in [5, 5.41) is 3.01. The number of rotatable bonds is 4. The fraction of sp³-hybridized carbons (Fsp3) is 0.300. The monoisotopic (exact) mass is 274 g/mol. The highest BCUT2D eigenvalue weighted by molar-refractivity contribution is 9.10. The molecule has 0 aliphatic rings. The molecule has 15 heavy (non-hydrogen) atoms. The van der Waals surface area contributed by atoms with Crippen molar-refractivity contribution in [2.75, 3.05) is 11.9 Å². The molecule has 0 fully saturated rings. The molecule has 3 N–H and O–H groups in total. The number of benzene rings is 1. The van der Waals surface area contributed by atoms with Crippen LogP contribution in [0.25, 0.3) is 0 Å². The fourth-order valence-corrected chi connectivity index (χ4v) is 1.49. The maximum absolute atomic E-state index is 12.7. The van der Waals surface area contributed by atoms with Crippen LogP contribution < -0.4 is 11.1 Å². The highest BCUT2D eigenvalue weighted by Gasteiger charge is 2.09. The van der Waals surface area contributed by atoms with Crippen molar-refractivity contribution in [1.82, 2.24) is 0 Å². The molecule has 1 amide bonds. The highest BCUT2D eigenvalue weighted by atomic mass is 79.9. The lowest BCUT2D eigenvalue weighted by atomic mass is 10.1. The van der Waals surface area contributed by atoms with Gasteiger partial charge in [-0.25, -0.2) is 4.39 Å². The third kappa shape index (κ3) is 3.51. The maximum Gasteiger partial charge on any atom is 0.222 e. The van der Waals surface area contributed by atoms with E-state index in [9.17, 15) is 9.18 Å². The van der Waals surface area contributed by atoms with Gasteiger partial charge in [0.25, 0.3) is 0 Å². The van der Waals surface area contributed by atoms with Gasteiger partial charge in [0, 0.05) is 16.7 Å². The summed E-state index contributed by atoms with van der Waals surface area (Å²) < 4.78 is 13.4. The average Bonchev–Trinajstić information content (AvgIpc) is 2.15. The van der Waals surface area contributed by atoms with E-state index < -0.39 is 0 Å². The Balaban J connectivity index is 2.62. The molecule has 5 heteroatoms. The van der Waals surface area contributed by atoms with Crippen LogP contribution in [-0.2, 0) is 4.79 Å². The molecule has 3 nitrogen and oxygen atoms in total. The van der Waals surface area contributed by atoms with Crippen LogP contribution in [0.5, 0.6) is 0 Å². The SMILES string of the molecule is CC(CNc1ccc(F)cc1Br)C(N)=O. The summed E-state index contributed by atoms with van der Waals surface area (Å²) in [6.45, 7) is 2.16. The number of nitrogens with two attached hydrogens (primary N) is 1.